The zero-order chi connectivity index (χ0) is 27.2. The lowest BCUT2D eigenvalue weighted by Gasteiger charge is -2.61. The highest BCUT2D eigenvalue weighted by atomic mass is 16.6. The van der Waals surface area contributed by atoms with Gasteiger partial charge < -0.3 is 23.7 Å². The van der Waals surface area contributed by atoms with E-state index in [-0.39, 0.29) is 18.4 Å². The Labute approximate surface area is 217 Å². The molecule has 2 aliphatic carbocycles. The molecule has 1 aliphatic heterocycles. The first-order valence-electron chi connectivity index (χ1n) is 12.8. The number of fused-ring (bicyclic) bond motifs is 1. The molecular weight excluding hydrogens is 480 g/mol. The minimum Gasteiger partial charge on any atom is -0.465 e. The average Bonchev–Trinajstić information content (AvgIpc) is 3.08. The summed E-state index contributed by atoms with van der Waals surface area (Å²) in [5, 5.41) is 0. The molecule has 1 saturated heterocycles. The lowest BCUT2D eigenvalue weighted by Crippen LogP contribution is -2.74. The van der Waals surface area contributed by atoms with Crippen LogP contribution in [-0.2, 0) is 38.1 Å². The van der Waals surface area contributed by atoms with Crippen molar-refractivity contribution in [3.8, 4) is 0 Å². The van der Waals surface area contributed by atoms with Crippen LogP contribution in [0.15, 0.2) is 30.3 Å². The normalized spacial score (nSPS) is 35.6. The fraction of sp³-hybridized carbons (Fsp3) is 0.643. The summed E-state index contributed by atoms with van der Waals surface area (Å²) in [6.07, 6.45) is -1.29. The van der Waals surface area contributed by atoms with Gasteiger partial charge in [-0.3, -0.25) is 14.4 Å². The van der Waals surface area contributed by atoms with E-state index in [1.165, 1.54) is 20.8 Å². The summed E-state index contributed by atoms with van der Waals surface area (Å²) in [6, 6.07) is 8.58. The maximum absolute atomic E-state index is 13.3. The van der Waals surface area contributed by atoms with Gasteiger partial charge in [-0.05, 0) is 51.2 Å². The van der Waals surface area contributed by atoms with Crippen molar-refractivity contribution in [2.75, 3.05) is 6.61 Å². The van der Waals surface area contributed by atoms with Crippen molar-refractivity contribution >= 4 is 23.9 Å². The van der Waals surface area contributed by atoms with Gasteiger partial charge in [0.1, 0.15) is 24.2 Å². The van der Waals surface area contributed by atoms with Crippen molar-refractivity contribution in [2.24, 2.45) is 17.3 Å². The lowest BCUT2D eigenvalue weighted by atomic mass is 9.49. The maximum atomic E-state index is 13.3. The number of hydrogen-bond acceptors (Lipinski definition) is 9. The second-order valence-electron chi connectivity index (χ2n) is 11.1. The van der Waals surface area contributed by atoms with Gasteiger partial charge in [0.2, 0.25) is 0 Å². The molecule has 7 atom stereocenters. The molecule has 202 valence electrons. The van der Waals surface area contributed by atoms with Gasteiger partial charge in [0.05, 0.1) is 16.8 Å². The van der Waals surface area contributed by atoms with Crippen molar-refractivity contribution in [3.05, 3.63) is 35.9 Å². The average molecular weight is 517 g/mol. The first-order chi connectivity index (χ1) is 17.3. The van der Waals surface area contributed by atoms with E-state index in [4.69, 9.17) is 23.7 Å². The smallest absolute Gasteiger partial charge is 0.338 e. The predicted octanol–water partition coefficient (Wildman–Crippen LogP) is 3.62. The van der Waals surface area contributed by atoms with Gasteiger partial charge in [0.25, 0.3) is 0 Å². The van der Waals surface area contributed by atoms with E-state index in [0.717, 1.165) is 0 Å². The standard InChI is InChI=1S/C28H36O9/c1-16-12-13-22(36-25(32)20-10-8-7-9-11-20)27(15-33-17(2)29)24(35-19(4)31)23(34-18(3)30)21-14-28(16,27)37-26(21,5)6/h7-11,16,21-24H,12-15H2,1-6H3/t16-,21+,22+,23-,24-,27-,28-/m1/s1. The number of benzene rings is 1. The zero-order valence-corrected chi connectivity index (χ0v) is 22.3. The quantitative estimate of drug-likeness (QED) is 0.413. The Hall–Kier alpha value is -2.94. The number of esters is 4. The van der Waals surface area contributed by atoms with Gasteiger partial charge in [-0.25, -0.2) is 4.79 Å². The molecule has 0 amide bonds. The third kappa shape index (κ3) is 4.51. The molecular formula is C28H36O9. The van der Waals surface area contributed by atoms with E-state index in [2.05, 4.69) is 0 Å². The molecule has 0 radical (unpaired) electrons. The Morgan fingerprint density at radius 2 is 1.57 bits per heavy atom. The van der Waals surface area contributed by atoms with Gasteiger partial charge in [0.15, 0.2) is 6.10 Å². The summed E-state index contributed by atoms with van der Waals surface area (Å²) in [4.78, 5) is 50.2. The van der Waals surface area contributed by atoms with Crippen molar-refractivity contribution in [1.29, 1.82) is 0 Å². The molecule has 3 fully saturated rings. The molecule has 1 aromatic carbocycles. The topological polar surface area (TPSA) is 114 Å². The second-order valence-corrected chi connectivity index (χ2v) is 11.1. The minimum atomic E-state index is -1.32. The number of ether oxygens (including phenoxy) is 5. The summed E-state index contributed by atoms with van der Waals surface area (Å²) in [5.74, 6) is -2.59. The van der Waals surface area contributed by atoms with Crippen LogP contribution >= 0.6 is 0 Å². The third-order valence-electron chi connectivity index (χ3n) is 8.45. The number of carbonyl (C=O) groups is 4. The minimum absolute atomic E-state index is 0.0599. The Balaban J connectivity index is 1.92. The fourth-order valence-electron chi connectivity index (χ4n) is 6.95. The highest BCUT2D eigenvalue weighted by Crippen LogP contribution is 2.67. The van der Waals surface area contributed by atoms with Crippen LogP contribution in [0.5, 0.6) is 0 Å². The highest BCUT2D eigenvalue weighted by molar-refractivity contribution is 5.89. The SMILES string of the molecule is CC(=O)OC[C@]12[C@@H](OC(=O)c3ccccc3)CC[C@@H](C)[C@]13C[C@@H]([C@@H](OC(C)=O)[C@H]2OC(C)=O)C(C)(C)O3. The maximum Gasteiger partial charge on any atom is 0.338 e. The molecule has 3 aliphatic rings. The van der Waals surface area contributed by atoms with Crippen LogP contribution in [-0.4, -0.2) is 60.0 Å². The molecule has 9 heteroatoms. The molecule has 9 nitrogen and oxygen atoms in total. The molecule has 0 N–H and O–H groups in total. The molecule has 4 rings (SSSR count). The summed E-state index contributed by atoms with van der Waals surface area (Å²) in [5.41, 5.74) is -2.71. The summed E-state index contributed by atoms with van der Waals surface area (Å²) in [6.45, 7) is 9.51. The summed E-state index contributed by atoms with van der Waals surface area (Å²) >= 11 is 0. The van der Waals surface area contributed by atoms with Crippen molar-refractivity contribution in [2.45, 2.75) is 90.3 Å². The van der Waals surface area contributed by atoms with Gasteiger partial charge in [0, 0.05) is 26.7 Å². The molecule has 0 aromatic heterocycles. The molecule has 1 heterocycles. The third-order valence-corrected chi connectivity index (χ3v) is 8.45. The van der Waals surface area contributed by atoms with E-state index in [1.807, 2.05) is 20.8 Å². The van der Waals surface area contributed by atoms with Crippen LogP contribution in [0, 0.1) is 17.3 Å². The van der Waals surface area contributed by atoms with E-state index in [9.17, 15) is 19.2 Å². The van der Waals surface area contributed by atoms with Crippen LogP contribution in [0.2, 0.25) is 0 Å². The van der Waals surface area contributed by atoms with Crippen molar-refractivity contribution < 1.29 is 42.9 Å². The van der Waals surface area contributed by atoms with Crippen LogP contribution in [0.3, 0.4) is 0 Å². The first-order valence-corrected chi connectivity index (χ1v) is 12.8. The van der Waals surface area contributed by atoms with Gasteiger partial charge in [-0.1, -0.05) is 25.1 Å². The van der Waals surface area contributed by atoms with Crippen LogP contribution in [0.4, 0.5) is 0 Å². The Kier molecular flexibility index (Phi) is 7.14. The van der Waals surface area contributed by atoms with Crippen LogP contribution in [0.25, 0.3) is 0 Å². The van der Waals surface area contributed by atoms with Crippen LogP contribution in [0.1, 0.15) is 71.2 Å². The predicted molar refractivity (Wildman–Crippen MR) is 130 cm³/mol. The number of rotatable bonds is 6. The molecule has 1 aromatic rings. The van der Waals surface area contributed by atoms with Gasteiger partial charge >= 0.3 is 23.9 Å². The van der Waals surface area contributed by atoms with Crippen molar-refractivity contribution in [1.82, 2.24) is 0 Å². The number of hydrogen-bond donors (Lipinski definition) is 0. The molecule has 1 spiro atoms. The largest absolute Gasteiger partial charge is 0.465 e. The molecule has 0 unspecified atom stereocenters. The van der Waals surface area contributed by atoms with Crippen molar-refractivity contribution in [3.63, 3.8) is 0 Å². The lowest BCUT2D eigenvalue weighted by molar-refractivity contribution is -0.289. The number of carbonyl (C=O) groups excluding carboxylic acids is 4. The Morgan fingerprint density at radius 1 is 0.919 bits per heavy atom. The van der Waals surface area contributed by atoms with Gasteiger partial charge in [-0.15, -0.1) is 0 Å². The fourth-order valence-corrected chi connectivity index (χ4v) is 6.95. The monoisotopic (exact) mass is 516 g/mol. The van der Waals surface area contributed by atoms with Crippen LogP contribution < -0.4 is 0 Å². The molecule has 2 bridgehead atoms. The highest BCUT2D eigenvalue weighted by Gasteiger charge is 2.79. The Bertz CT molecular complexity index is 1070. The molecule has 37 heavy (non-hydrogen) atoms. The van der Waals surface area contributed by atoms with E-state index in [1.54, 1.807) is 30.3 Å². The molecule has 2 saturated carbocycles. The van der Waals surface area contributed by atoms with E-state index in [0.29, 0.717) is 24.8 Å². The summed E-state index contributed by atoms with van der Waals surface area (Å²) < 4.78 is 30.5. The summed E-state index contributed by atoms with van der Waals surface area (Å²) in [7, 11) is 0. The zero-order valence-electron chi connectivity index (χ0n) is 22.3. The van der Waals surface area contributed by atoms with E-state index >= 15 is 0 Å². The second kappa shape index (κ2) is 9.74. The van der Waals surface area contributed by atoms with E-state index < -0.39 is 58.8 Å². The first kappa shape index (κ1) is 27.1. The van der Waals surface area contributed by atoms with Gasteiger partial charge in [-0.2, -0.15) is 0 Å². The Morgan fingerprint density at radius 3 is 2.16 bits per heavy atom.